The predicted molar refractivity (Wildman–Crippen MR) is 86.5 cm³/mol. The highest BCUT2D eigenvalue weighted by atomic mass is 16.5. The number of ether oxygens (including phenoxy) is 1. The molecule has 0 fully saturated rings. The summed E-state index contributed by atoms with van der Waals surface area (Å²) in [5, 5.41) is 6.15. The molecule has 0 saturated heterocycles. The summed E-state index contributed by atoms with van der Waals surface area (Å²) in [5.41, 5.74) is 1.19. The lowest BCUT2D eigenvalue weighted by molar-refractivity contribution is -0.127. The number of carbonyl (C=O) groups excluding carboxylic acids is 1. The third-order valence-corrected chi connectivity index (χ3v) is 3.61. The number of amides is 1. The first kappa shape index (κ1) is 17.5. The lowest BCUT2D eigenvalue weighted by Crippen LogP contribution is -2.41. The first-order valence-corrected chi connectivity index (χ1v) is 7.72. The normalized spacial score (nSPS) is 15.1. The van der Waals surface area contributed by atoms with Crippen molar-refractivity contribution in [1.29, 1.82) is 0 Å². The largest absolute Gasteiger partial charge is 0.481 e. The van der Waals surface area contributed by atoms with Crippen molar-refractivity contribution < 1.29 is 9.53 Å². The fraction of sp³-hybridized carbons (Fsp3) is 0.588. The maximum Gasteiger partial charge on any atom is 0.260 e. The second-order valence-electron chi connectivity index (χ2n) is 5.54. The van der Waals surface area contributed by atoms with Gasteiger partial charge in [0, 0.05) is 12.1 Å². The molecule has 21 heavy (non-hydrogen) atoms. The Labute approximate surface area is 128 Å². The molecular weight excluding hydrogens is 264 g/mol. The van der Waals surface area contributed by atoms with Crippen LogP contribution in [0.2, 0.25) is 0 Å². The molecule has 0 bridgehead atoms. The van der Waals surface area contributed by atoms with Crippen LogP contribution in [0.15, 0.2) is 24.3 Å². The van der Waals surface area contributed by atoms with Crippen LogP contribution in [0.5, 0.6) is 5.75 Å². The van der Waals surface area contributed by atoms with Gasteiger partial charge in [0.1, 0.15) is 5.75 Å². The lowest BCUT2D eigenvalue weighted by Gasteiger charge is -2.19. The zero-order chi connectivity index (χ0) is 15.8. The summed E-state index contributed by atoms with van der Waals surface area (Å²) in [6, 6.07) is 8.33. The van der Waals surface area contributed by atoms with Gasteiger partial charge in [0.25, 0.3) is 5.91 Å². The van der Waals surface area contributed by atoms with Crippen LogP contribution in [0.1, 0.15) is 52.1 Å². The van der Waals surface area contributed by atoms with Gasteiger partial charge in [0.05, 0.1) is 0 Å². The number of benzene rings is 1. The highest BCUT2D eigenvalue weighted by Crippen LogP contribution is 2.18. The fourth-order valence-electron chi connectivity index (χ4n) is 2.12. The minimum atomic E-state index is -0.489. The molecule has 4 heteroatoms. The van der Waals surface area contributed by atoms with Crippen molar-refractivity contribution in [2.45, 2.75) is 58.7 Å². The van der Waals surface area contributed by atoms with Gasteiger partial charge >= 0.3 is 0 Å². The van der Waals surface area contributed by atoms with Gasteiger partial charge < -0.3 is 15.4 Å². The fourth-order valence-corrected chi connectivity index (χ4v) is 2.12. The van der Waals surface area contributed by atoms with Gasteiger partial charge in [-0.3, -0.25) is 4.79 Å². The molecule has 2 N–H and O–H groups in total. The summed E-state index contributed by atoms with van der Waals surface area (Å²) in [4.78, 5) is 12.0. The zero-order valence-electron chi connectivity index (χ0n) is 13.8. The van der Waals surface area contributed by atoms with E-state index in [2.05, 4.69) is 24.5 Å². The Hall–Kier alpha value is -1.55. The van der Waals surface area contributed by atoms with Gasteiger partial charge in [-0.2, -0.15) is 0 Å². The molecule has 0 spiro atoms. The van der Waals surface area contributed by atoms with Crippen LogP contribution in [0.3, 0.4) is 0 Å². The Balaban J connectivity index is 2.54. The Morgan fingerprint density at radius 3 is 2.33 bits per heavy atom. The SMILES string of the molecule is CCCC(C)NC(=O)C(C)Oc1ccc(C(C)NC)cc1. The highest BCUT2D eigenvalue weighted by Gasteiger charge is 2.16. The standard InChI is InChI=1S/C17H28N2O2/c1-6-7-12(2)19-17(20)14(4)21-16-10-8-15(9-11-16)13(3)18-5/h8-14,18H,6-7H2,1-5H3,(H,19,20). The molecule has 1 aromatic rings. The van der Waals surface area contributed by atoms with E-state index in [0.29, 0.717) is 11.8 Å². The minimum absolute atomic E-state index is 0.0661. The van der Waals surface area contributed by atoms with Crippen molar-refractivity contribution in [2.24, 2.45) is 0 Å². The van der Waals surface area contributed by atoms with E-state index < -0.39 is 6.10 Å². The molecule has 0 saturated carbocycles. The van der Waals surface area contributed by atoms with E-state index in [1.165, 1.54) is 5.56 Å². The van der Waals surface area contributed by atoms with Crippen molar-refractivity contribution >= 4 is 5.91 Å². The van der Waals surface area contributed by atoms with E-state index in [-0.39, 0.29) is 11.9 Å². The Bertz CT molecular complexity index is 431. The predicted octanol–water partition coefficient (Wildman–Crippen LogP) is 3.04. The Morgan fingerprint density at radius 1 is 1.19 bits per heavy atom. The van der Waals surface area contributed by atoms with Crippen LogP contribution < -0.4 is 15.4 Å². The van der Waals surface area contributed by atoms with Gasteiger partial charge in [-0.25, -0.2) is 0 Å². The van der Waals surface area contributed by atoms with Crippen molar-refractivity contribution in [3.05, 3.63) is 29.8 Å². The molecule has 1 rings (SSSR count). The number of nitrogens with one attached hydrogen (secondary N) is 2. The zero-order valence-corrected chi connectivity index (χ0v) is 13.8. The summed E-state index contributed by atoms with van der Waals surface area (Å²) in [6.07, 6.45) is 1.55. The second-order valence-corrected chi connectivity index (χ2v) is 5.54. The van der Waals surface area contributed by atoms with Crippen LogP contribution in [0.25, 0.3) is 0 Å². The van der Waals surface area contributed by atoms with E-state index in [0.717, 1.165) is 12.8 Å². The number of hydrogen-bond acceptors (Lipinski definition) is 3. The van der Waals surface area contributed by atoms with E-state index in [9.17, 15) is 4.79 Å². The van der Waals surface area contributed by atoms with E-state index >= 15 is 0 Å². The summed E-state index contributed by atoms with van der Waals surface area (Å²) < 4.78 is 5.69. The van der Waals surface area contributed by atoms with Gasteiger partial charge in [-0.05, 0) is 51.9 Å². The molecule has 3 atom stereocenters. The highest BCUT2D eigenvalue weighted by molar-refractivity contribution is 5.80. The topological polar surface area (TPSA) is 50.4 Å². The van der Waals surface area contributed by atoms with Crippen LogP contribution >= 0.6 is 0 Å². The van der Waals surface area contributed by atoms with Crippen LogP contribution in [0.4, 0.5) is 0 Å². The third kappa shape index (κ3) is 5.76. The molecule has 0 aliphatic rings. The molecule has 1 amide bonds. The van der Waals surface area contributed by atoms with E-state index in [1.807, 2.05) is 38.2 Å². The van der Waals surface area contributed by atoms with Crippen LogP contribution in [0, 0.1) is 0 Å². The molecule has 0 radical (unpaired) electrons. The van der Waals surface area contributed by atoms with Crippen LogP contribution in [-0.4, -0.2) is 25.1 Å². The molecule has 118 valence electrons. The van der Waals surface area contributed by atoms with E-state index in [1.54, 1.807) is 6.92 Å². The van der Waals surface area contributed by atoms with Crippen molar-refractivity contribution in [3.8, 4) is 5.75 Å². The maximum atomic E-state index is 12.0. The molecule has 3 unspecified atom stereocenters. The van der Waals surface area contributed by atoms with E-state index in [4.69, 9.17) is 4.74 Å². The molecular formula is C17H28N2O2. The summed E-state index contributed by atoms with van der Waals surface area (Å²) in [7, 11) is 1.93. The molecule has 0 aromatic heterocycles. The van der Waals surface area contributed by atoms with Gasteiger partial charge in [0.2, 0.25) is 0 Å². The monoisotopic (exact) mass is 292 g/mol. The molecule has 0 aliphatic carbocycles. The van der Waals surface area contributed by atoms with Gasteiger partial charge in [-0.1, -0.05) is 25.5 Å². The lowest BCUT2D eigenvalue weighted by atomic mass is 10.1. The molecule has 0 aliphatic heterocycles. The summed E-state index contributed by atoms with van der Waals surface area (Å²) in [6.45, 7) is 8.00. The maximum absolute atomic E-state index is 12.0. The first-order valence-electron chi connectivity index (χ1n) is 7.72. The molecule has 1 aromatic carbocycles. The number of rotatable bonds is 8. The Kier molecular flexibility index (Phi) is 7.23. The molecule has 4 nitrogen and oxygen atoms in total. The average molecular weight is 292 g/mol. The number of hydrogen-bond donors (Lipinski definition) is 2. The van der Waals surface area contributed by atoms with Gasteiger partial charge in [0.15, 0.2) is 6.10 Å². The minimum Gasteiger partial charge on any atom is -0.481 e. The van der Waals surface area contributed by atoms with Gasteiger partial charge in [-0.15, -0.1) is 0 Å². The average Bonchev–Trinajstić information content (AvgIpc) is 2.47. The number of carbonyl (C=O) groups is 1. The first-order chi connectivity index (χ1) is 9.97. The summed E-state index contributed by atoms with van der Waals surface area (Å²) in [5.74, 6) is 0.650. The third-order valence-electron chi connectivity index (χ3n) is 3.61. The summed E-state index contributed by atoms with van der Waals surface area (Å²) >= 11 is 0. The second kappa shape index (κ2) is 8.67. The van der Waals surface area contributed by atoms with Crippen molar-refractivity contribution in [2.75, 3.05) is 7.05 Å². The van der Waals surface area contributed by atoms with Crippen molar-refractivity contribution in [1.82, 2.24) is 10.6 Å². The molecule has 0 heterocycles. The smallest absolute Gasteiger partial charge is 0.260 e. The van der Waals surface area contributed by atoms with Crippen molar-refractivity contribution in [3.63, 3.8) is 0 Å². The quantitative estimate of drug-likeness (QED) is 0.774. The Morgan fingerprint density at radius 2 is 1.81 bits per heavy atom. The van der Waals surface area contributed by atoms with Crippen LogP contribution in [-0.2, 0) is 4.79 Å².